The summed E-state index contributed by atoms with van der Waals surface area (Å²) in [5.74, 6) is 0.0636. The van der Waals surface area contributed by atoms with Gasteiger partial charge >= 0.3 is 0 Å². The van der Waals surface area contributed by atoms with Gasteiger partial charge in [0.1, 0.15) is 0 Å². The first-order chi connectivity index (χ1) is 6.09. The molecule has 1 saturated heterocycles. The van der Waals surface area contributed by atoms with Gasteiger partial charge in [-0.05, 0) is 13.8 Å². The van der Waals surface area contributed by atoms with E-state index in [1.807, 2.05) is 32.1 Å². The van der Waals surface area contributed by atoms with E-state index in [2.05, 4.69) is 16.7 Å². The lowest BCUT2D eigenvalue weighted by Crippen LogP contribution is -2.67. The molecule has 0 aromatic heterocycles. The van der Waals surface area contributed by atoms with Gasteiger partial charge in [-0.15, -0.1) is 0 Å². The summed E-state index contributed by atoms with van der Waals surface area (Å²) in [6.07, 6.45) is 8.04. The minimum Gasteiger partial charge on any atom is -0.346 e. The van der Waals surface area contributed by atoms with Crippen LogP contribution in [-0.2, 0) is 4.79 Å². The Labute approximate surface area is 77.9 Å². The maximum absolute atomic E-state index is 11.5. The minimum atomic E-state index is -0.462. The molecule has 0 aromatic carbocycles. The molecule has 0 aromatic rings. The molecule has 0 spiro atoms. The number of carbonyl (C=O) groups is 1. The van der Waals surface area contributed by atoms with Crippen molar-refractivity contribution in [3.8, 4) is 0 Å². The van der Waals surface area contributed by atoms with E-state index in [-0.39, 0.29) is 18.0 Å². The second kappa shape index (κ2) is 2.70. The lowest BCUT2D eigenvalue weighted by Gasteiger charge is -2.40. The molecule has 2 atom stereocenters. The van der Waals surface area contributed by atoms with Gasteiger partial charge in [-0.3, -0.25) is 10.1 Å². The Bertz CT molecular complexity index is 291. The molecular formula is C10H14N2O. The number of amides is 1. The first-order valence-electron chi connectivity index (χ1n) is 4.53. The van der Waals surface area contributed by atoms with Crippen LogP contribution in [0.1, 0.15) is 13.8 Å². The molecule has 1 aliphatic carbocycles. The summed E-state index contributed by atoms with van der Waals surface area (Å²) in [5, 5.41) is 6.26. The predicted molar refractivity (Wildman–Crippen MR) is 51.2 cm³/mol. The van der Waals surface area contributed by atoms with E-state index >= 15 is 0 Å². The standard InChI is InChI=1S/C10H14N2O/c1-10(2)9(13)11-7-5-3-4-6-8(7)12-10/h3-8,12H,1-2H3,(H,11,13). The van der Waals surface area contributed by atoms with Crippen LogP contribution in [0, 0.1) is 0 Å². The Balaban J connectivity index is 2.21. The Morgan fingerprint density at radius 1 is 1.23 bits per heavy atom. The molecule has 2 aliphatic rings. The van der Waals surface area contributed by atoms with Gasteiger partial charge in [0.25, 0.3) is 0 Å². The fourth-order valence-corrected chi connectivity index (χ4v) is 1.70. The summed E-state index contributed by atoms with van der Waals surface area (Å²) in [5.41, 5.74) is -0.462. The van der Waals surface area contributed by atoms with Crippen LogP contribution in [0.4, 0.5) is 0 Å². The maximum atomic E-state index is 11.5. The SMILES string of the molecule is CC1(C)NC2C=CC=CC2NC1=O. The van der Waals surface area contributed by atoms with E-state index in [1.54, 1.807) is 0 Å². The monoisotopic (exact) mass is 178 g/mol. The van der Waals surface area contributed by atoms with Crippen LogP contribution in [0.5, 0.6) is 0 Å². The number of fused-ring (bicyclic) bond motifs is 1. The summed E-state index contributed by atoms with van der Waals surface area (Å²) >= 11 is 0. The fourth-order valence-electron chi connectivity index (χ4n) is 1.70. The van der Waals surface area contributed by atoms with E-state index in [0.717, 1.165) is 0 Å². The Morgan fingerprint density at radius 3 is 2.54 bits per heavy atom. The van der Waals surface area contributed by atoms with Crippen molar-refractivity contribution >= 4 is 5.91 Å². The third-order valence-electron chi connectivity index (χ3n) is 2.53. The van der Waals surface area contributed by atoms with Crippen LogP contribution >= 0.6 is 0 Å². The quantitative estimate of drug-likeness (QED) is 0.562. The van der Waals surface area contributed by atoms with Crippen molar-refractivity contribution in [2.45, 2.75) is 31.5 Å². The third kappa shape index (κ3) is 1.40. The van der Waals surface area contributed by atoms with Crippen molar-refractivity contribution in [1.82, 2.24) is 10.6 Å². The van der Waals surface area contributed by atoms with E-state index < -0.39 is 5.54 Å². The molecule has 1 fully saturated rings. The normalized spacial score (nSPS) is 35.4. The number of allylic oxidation sites excluding steroid dienone is 2. The van der Waals surface area contributed by atoms with E-state index in [9.17, 15) is 4.79 Å². The molecule has 70 valence electrons. The van der Waals surface area contributed by atoms with Gasteiger partial charge in [-0.1, -0.05) is 24.3 Å². The van der Waals surface area contributed by atoms with Crippen molar-refractivity contribution in [3.05, 3.63) is 24.3 Å². The zero-order valence-corrected chi connectivity index (χ0v) is 7.87. The first kappa shape index (κ1) is 8.51. The highest BCUT2D eigenvalue weighted by atomic mass is 16.2. The molecule has 2 unspecified atom stereocenters. The average Bonchev–Trinajstić information content (AvgIpc) is 2.06. The van der Waals surface area contributed by atoms with Gasteiger partial charge in [0.05, 0.1) is 17.6 Å². The summed E-state index contributed by atoms with van der Waals surface area (Å²) in [4.78, 5) is 11.5. The van der Waals surface area contributed by atoms with Crippen LogP contribution in [0.3, 0.4) is 0 Å². The van der Waals surface area contributed by atoms with Crippen LogP contribution in [0.2, 0.25) is 0 Å². The number of rotatable bonds is 0. The topological polar surface area (TPSA) is 41.1 Å². The van der Waals surface area contributed by atoms with E-state index in [0.29, 0.717) is 0 Å². The van der Waals surface area contributed by atoms with E-state index in [4.69, 9.17) is 0 Å². The predicted octanol–water partition coefficient (Wildman–Crippen LogP) is 0.348. The molecule has 3 heteroatoms. The molecule has 2 N–H and O–H groups in total. The van der Waals surface area contributed by atoms with Gasteiger partial charge < -0.3 is 5.32 Å². The zero-order chi connectivity index (χ0) is 9.47. The molecular weight excluding hydrogens is 164 g/mol. The number of hydrogen-bond donors (Lipinski definition) is 2. The molecule has 1 aliphatic heterocycles. The second-order valence-corrected chi connectivity index (χ2v) is 4.06. The lowest BCUT2D eigenvalue weighted by molar-refractivity contribution is -0.129. The Kier molecular flexibility index (Phi) is 1.77. The van der Waals surface area contributed by atoms with E-state index in [1.165, 1.54) is 0 Å². The number of hydrogen-bond acceptors (Lipinski definition) is 2. The van der Waals surface area contributed by atoms with Crippen molar-refractivity contribution in [2.24, 2.45) is 0 Å². The lowest BCUT2D eigenvalue weighted by atomic mass is 9.92. The fraction of sp³-hybridized carbons (Fsp3) is 0.500. The highest BCUT2D eigenvalue weighted by Gasteiger charge is 2.38. The van der Waals surface area contributed by atoms with Crippen LogP contribution in [0.15, 0.2) is 24.3 Å². The zero-order valence-electron chi connectivity index (χ0n) is 7.87. The summed E-state index contributed by atoms with van der Waals surface area (Å²) in [7, 11) is 0. The highest BCUT2D eigenvalue weighted by molar-refractivity contribution is 5.87. The number of carbonyl (C=O) groups excluding carboxylic acids is 1. The number of piperazine rings is 1. The Hall–Kier alpha value is -1.09. The molecule has 2 rings (SSSR count). The molecule has 1 amide bonds. The van der Waals surface area contributed by atoms with Crippen molar-refractivity contribution in [2.75, 3.05) is 0 Å². The molecule has 1 heterocycles. The summed E-state index contributed by atoms with van der Waals surface area (Å²) < 4.78 is 0. The summed E-state index contributed by atoms with van der Waals surface area (Å²) in [6.45, 7) is 3.79. The largest absolute Gasteiger partial charge is 0.346 e. The van der Waals surface area contributed by atoms with Gasteiger partial charge in [-0.2, -0.15) is 0 Å². The average molecular weight is 178 g/mol. The van der Waals surface area contributed by atoms with Crippen LogP contribution in [0.25, 0.3) is 0 Å². The van der Waals surface area contributed by atoms with Gasteiger partial charge in [0.15, 0.2) is 0 Å². The van der Waals surface area contributed by atoms with Crippen LogP contribution < -0.4 is 10.6 Å². The minimum absolute atomic E-state index is 0.0636. The number of nitrogens with one attached hydrogen (secondary N) is 2. The highest BCUT2D eigenvalue weighted by Crippen LogP contribution is 2.16. The second-order valence-electron chi connectivity index (χ2n) is 4.06. The molecule has 0 radical (unpaired) electrons. The van der Waals surface area contributed by atoms with Crippen LogP contribution in [-0.4, -0.2) is 23.5 Å². The van der Waals surface area contributed by atoms with Gasteiger partial charge in [0, 0.05) is 0 Å². The molecule has 0 bridgehead atoms. The van der Waals surface area contributed by atoms with Crippen molar-refractivity contribution in [1.29, 1.82) is 0 Å². The smallest absolute Gasteiger partial charge is 0.240 e. The molecule has 3 nitrogen and oxygen atoms in total. The van der Waals surface area contributed by atoms with Gasteiger partial charge in [-0.25, -0.2) is 0 Å². The molecule has 0 saturated carbocycles. The molecule has 13 heavy (non-hydrogen) atoms. The summed E-state index contributed by atoms with van der Waals surface area (Å²) in [6, 6.07) is 0.350. The van der Waals surface area contributed by atoms with Crippen molar-refractivity contribution < 1.29 is 4.79 Å². The first-order valence-corrected chi connectivity index (χ1v) is 4.53. The maximum Gasteiger partial charge on any atom is 0.240 e. The van der Waals surface area contributed by atoms with Crippen molar-refractivity contribution in [3.63, 3.8) is 0 Å². The Morgan fingerprint density at radius 2 is 1.85 bits per heavy atom. The van der Waals surface area contributed by atoms with Gasteiger partial charge in [0.2, 0.25) is 5.91 Å². The third-order valence-corrected chi connectivity index (χ3v) is 2.53.